The Morgan fingerprint density at radius 3 is 2.56 bits per heavy atom. The van der Waals surface area contributed by atoms with Crippen LogP contribution < -0.4 is 4.74 Å². The van der Waals surface area contributed by atoms with Crippen molar-refractivity contribution >= 4 is 27.6 Å². The van der Waals surface area contributed by atoms with Crippen LogP contribution in [0.4, 0.5) is 0 Å². The average Bonchev–Trinajstić information content (AvgIpc) is 3.09. The Kier molecular flexibility index (Phi) is 5.39. The Morgan fingerprint density at radius 1 is 1.28 bits per heavy atom. The zero-order valence-corrected chi connectivity index (χ0v) is 15.6. The Balaban J connectivity index is 1.56. The monoisotopic (exact) mass is 380 g/mol. The highest BCUT2D eigenvalue weighted by molar-refractivity contribution is 7.90. The number of amides is 1. The van der Waals surface area contributed by atoms with Gasteiger partial charge in [0.1, 0.15) is 12.4 Å². The smallest absolute Gasteiger partial charge is 0.209 e. The second-order valence-corrected chi connectivity index (χ2v) is 9.03. The number of aromatic nitrogens is 1. The highest BCUT2D eigenvalue weighted by atomic mass is 32.2. The van der Waals surface area contributed by atoms with Gasteiger partial charge >= 0.3 is 0 Å². The predicted molar refractivity (Wildman–Crippen MR) is 95.6 cm³/mol. The van der Waals surface area contributed by atoms with E-state index in [1.807, 2.05) is 5.38 Å². The third-order valence-electron chi connectivity index (χ3n) is 4.24. The molecule has 1 aliphatic rings. The molecule has 1 saturated heterocycles. The van der Waals surface area contributed by atoms with Gasteiger partial charge in [0.25, 0.3) is 0 Å². The van der Waals surface area contributed by atoms with E-state index in [9.17, 15) is 13.2 Å². The van der Waals surface area contributed by atoms with Crippen LogP contribution in [-0.4, -0.2) is 44.1 Å². The summed E-state index contributed by atoms with van der Waals surface area (Å²) in [5, 5.41) is 3.09. The van der Waals surface area contributed by atoms with Crippen molar-refractivity contribution in [1.82, 2.24) is 9.88 Å². The van der Waals surface area contributed by atoms with Gasteiger partial charge in [-0.25, -0.2) is 13.4 Å². The summed E-state index contributed by atoms with van der Waals surface area (Å²) in [7, 11) is -3.19. The lowest BCUT2D eigenvalue weighted by molar-refractivity contribution is -0.119. The quantitative estimate of drug-likeness (QED) is 0.720. The molecule has 0 radical (unpaired) electrons. The molecule has 1 aliphatic heterocycles. The van der Waals surface area contributed by atoms with Crippen molar-refractivity contribution in [1.29, 1.82) is 0 Å². The summed E-state index contributed by atoms with van der Waals surface area (Å²) in [5.41, 5.74) is 0.866. The maximum absolute atomic E-state index is 11.4. The summed E-state index contributed by atoms with van der Waals surface area (Å²) >= 11 is 1.63. The fourth-order valence-corrected chi connectivity index (χ4v) is 4.37. The molecule has 2 heterocycles. The summed E-state index contributed by atoms with van der Waals surface area (Å²) in [6, 6.07) is 6.38. The number of hydrogen-bond donors (Lipinski definition) is 0. The number of carbonyl (C=O) groups excluding carboxylic acids is 1. The van der Waals surface area contributed by atoms with Gasteiger partial charge in [-0.05, 0) is 37.1 Å². The molecule has 2 aromatic rings. The van der Waals surface area contributed by atoms with Crippen LogP contribution in [0.3, 0.4) is 0 Å². The molecule has 1 amide bonds. The Morgan fingerprint density at radius 2 is 1.96 bits per heavy atom. The van der Waals surface area contributed by atoms with Crippen molar-refractivity contribution in [2.24, 2.45) is 0 Å². The molecule has 25 heavy (non-hydrogen) atoms. The molecule has 3 rings (SSSR count). The van der Waals surface area contributed by atoms with E-state index in [-0.39, 0.29) is 4.90 Å². The Bertz CT molecular complexity index is 823. The summed E-state index contributed by atoms with van der Waals surface area (Å²) in [5.74, 6) is 1.02. The lowest BCUT2D eigenvalue weighted by atomic mass is 9.98. The molecule has 0 aliphatic carbocycles. The minimum atomic E-state index is -3.19. The molecule has 1 aromatic heterocycles. The molecule has 0 spiro atoms. The van der Waals surface area contributed by atoms with Gasteiger partial charge in [0.15, 0.2) is 9.84 Å². The molecule has 8 heteroatoms. The fourth-order valence-electron chi connectivity index (χ4n) is 2.77. The molecule has 0 N–H and O–H groups in total. The third kappa shape index (κ3) is 4.58. The van der Waals surface area contributed by atoms with Crippen LogP contribution >= 0.6 is 11.3 Å². The van der Waals surface area contributed by atoms with Gasteiger partial charge in [-0.2, -0.15) is 0 Å². The van der Waals surface area contributed by atoms with Gasteiger partial charge in [0.2, 0.25) is 6.41 Å². The number of piperidine rings is 1. The van der Waals surface area contributed by atoms with Crippen LogP contribution in [0.2, 0.25) is 0 Å². The number of carbonyl (C=O) groups is 1. The summed E-state index contributed by atoms with van der Waals surface area (Å²) < 4.78 is 28.6. The van der Waals surface area contributed by atoms with Crippen molar-refractivity contribution in [2.75, 3.05) is 19.3 Å². The molecular formula is C17H20N2O4S2. The van der Waals surface area contributed by atoms with Crippen LogP contribution in [-0.2, 0) is 21.2 Å². The number of ether oxygens (including phenoxy) is 1. The Labute approximate surface area is 151 Å². The lowest BCUT2D eigenvalue weighted by Crippen LogP contribution is -2.31. The number of thiazole rings is 1. The highest BCUT2D eigenvalue weighted by Gasteiger charge is 2.22. The number of rotatable bonds is 6. The molecule has 1 fully saturated rings. The zero-order valence-electron chi connectivity index (χ0n) is 13.9. The van der Waals surface area contributed by atoms with E-state index in [1.54, 1.807) is 28.4 Å². The number of sulfone groups is 1. The molecule has 0 atom stereocenters. The van der Waals surface area contributed by atoms with E-state index in [4.69, 9.17) is 4.74 Å². The normalized spacial score (nSPS) is 16.0. The summed E-state index contributed by atoms with van der Waals surface area (Å²) in [6.07, 6.45) is 3.98. The van der Waals surface area contributed by atoms with Crippen molar-refractivity contribution < 1.29 is 17.9 Å². The van der Waals surface area contributed by atoms with Gasteiger partial charge in [-0.3, -0.25) is 4.79 Å². The lowest BCUT2D eigenvalue weighted by Gasteiger charge is -2.27. The standard InChI is InChI=1S/C17H20N2O4S2/c1-25(21,22)16-4-2-15(3-5-16)23-10-14-11-24-17(18-14)13-6-8-19(12-20)9-7-13/h2-5,11-13H,6-10H2,1H3. The van der Waals surface area contributed by atoms with Gasteiger partial charge in [0.05, 0.1) is 15.6 Å². The summed E-state index contributed by atoms with van der Waals surface area (Å²) in [4.78, 5) is 17.5. The number of hydrogen-bond acceptors (Lipinski definition) is 6. The van der Waals surface area contributed by atoms with Crippen LogP contribution in [0.25, 0.3) is 0 Å². The van der Waals surface area contributed by atoms with Crippen LogP contribution in [0.15, 0.2) is 34.5 Å². The third-order valence-corrected chi connectivity index (χ3v) is 6.42. The maximum atomic E-state index is 11.4. The van der Waals surface area contributed by atoms with Crippen molar-refractivity contribution in [3.63, 3.8) is 0 Å². The van der Waals surface area contributed by atoms with Crippen LogP contribution in [0.5, 0.6) is 5.75 Å². The first-order valence-electron chi connectivity index (χ1n) is 8.02. The molecular weight excluding hydrogens is 360 g/mol. The van der Waals surface area contributed by atoms with Gasteiger partial charge in [-0.1, -0.05) is 0 Å². The molecule has 134 valence electrons. The first-order chi connectivity index (χ1) is 12.0. The average molecular weight is 380 g/mol. The van der Waals surface area contributed by atoms with E-state index in [0.717, 1.165) is 43.0 Å². The Hall–Kier alpha value is -1.93. The van der Waals surface area contributed by atoms with E-state index >= 15 is 0 Å². The van der Waals surface area contributed by atoms with Crippen LogP contribution in [0.1, 0.15) is 29.5 Å². The van der Waals surface area contributed by atoms with E-state index in [1.165, 1.54) is 18.4 Å². The second kappa shape index (κ2) is 7.53. The fraction of sp³-hybridized carbons (Fsp3) is 0.412. The van der Waals surface area contributed by atoms with Crippen LogP contribution in [0, 0.1) is 0 Å². The number of nitrogens with zero attached hydrogens (tertiary/aromatic N) is 2. The molecule has 0 unspecified atom stereocenters. The van der Waals surface area contributed by atoms with Crippen molar-refractivity contribution in [2.45, 2.75) is 30.3 Å². The van der Waals surface area contributed by atoms with Gasteiger partial charge < -0.3 is 9.64 Å². The van der Waals surface area contributed by atoms with E-state index in [0.29, 0.717) is 18.3 Å². The van der Waals surface area contributed by atoms with Crippen molar-refractivity contribution in [3.8, 4) is 5.75 Å². The molecule has 0 bridgehead atoms. The second-order valence-electron chi connectivity index (χ2n) is 6.12. The van der Waals surface area contributed by atoms with E-state index < -0.39 is 9.84 Å². The summed E-state index contributed by atoms with van der Waals surface area (Å²) in [6.45, 7) is 1.92. The minimum absolute atomic E-state index is 0.275. The first kappa shape index (κ1) is 17.9. The van der Waals surface area contributed by atoms with Crippen molar-refractivity contribution in [3.05, 3.63) is 40.3 Å². The topological polar surface area (TPSA) is 76.6 Å². The molecule has 0 saturated carbocycles. The number of benzene rings is 1. The zero-order chi connectivity index (χ0) is 17.9. The molecule has 6 nitrogen and oxygen atoms in total. The van der Waals surface area contributed by atoms with Gasteiger partial charge in [-0.15, -0.1) is 11.3 Å². The number of likely N-dealkylation sites (tertiary alicyclic amines) is 1. The van der Waals surface area contributed by atoms with Gasteiger partial charge in [0, 0.05) is 30.6 Å². The predicted octanol–water partition coefficient (Wildman–Crippen LogP) is 2.46. The highest BCUT2D eigenvalue weighted by Crippen LogP contribution is 2.30. The largest absolute Gasteiger partial charge is 0.487 e. The van der Waals surface area contributed by atoms with E-state index in [2.05, 4.69) is 4.98 Å². The maximum Gasteiger partial charge on any atom is 0.209 e. The first-order valence-corrected chi connectivity index (χ1v) is 10.8. The SMILES string of the molecule is CS(=O)(=O)c1ccc(OCc2csc(C3CCN(C=O)CC3)n2)cc1. The minimum Gasteiger partial charge on any atom is -0.487 e. The molecule has 1 aromatic carbocycles.